The van der Waals surface area contributed by atoms with Crippen LogP contribution in [0.5, 0.6) is 0 Å². The monoisotopic (exact) mass is 341 g/mol. The van der Waals surface area contributed by atoms with E-state index in [1.54, 1.807) is 0 Å². The van der Waals surface area contributed by atoms with Crippen molar-refractivity contribution >= 4 is 31.6 Å². The van der Waals surface area contributed by atoms with Gasteiger partial charge in [-0.05, 0) is 6.07 Å². The van der Waals surface area contributed by atoms with Crippen molar-refractivity contribution in [3.63, 3.8) is 0 Å². The van der Waals surface area contributed by atoms with E-state index in [1.807, 2.05) is 0 Å². The van der Waals surface area contributed by atoms with Gasteiger partial charge in [0.15, 0.2) is 0 Å². The Morgan fingerprint density at radius 1 is 1.15 bits per heavy atom. The Bertz CT molecular complexity index is 675. The molecule has 0 amide bonds. The maximum absolute atomic E-state index is 12.4. The number of aromatic nitrogens is 1. The van der Waals surface area contributed by atoms with E-state index < -0.39 is 20.0 Å². The number of halogens is 1. The standard InChI is InChI=1S/C10H16ClN3O4S2/c1-19(15,16)13-2-4-14(5-3-13)20(17,18)10-6-9(7-11)12-8-10/h6,8,12H,2-5,7H2,1H3. The van der Waals surface area contributed by atoms with E-state index in [1.165, 1.54) is 20.9 Å². The number of nitrogens with zero attached hydrogens (tertiary/aromatic N) is 2. The highest BCUT2D eigenvalue weighted by Crippen LogP contribution is 2.19. The van der Waals surface area contributed by atoms with Crippen LogP contribution in [0.15, 0.2) is 17.2 Å². The molecule has 0 aliphatic carbocycles. The van der Waals surface area contributed by atoms with Gasteiger partial charge < -0.3 is 4.98 Å². The molecule has 7 nitrogen and oxygen atoms in total. The third-order valence-electron chi connectivity index (χ3n) is 3.16. The molecule has 20 heavy (non-hydrogen) atoms. The molecule has 0 saturated carbocycles. The number of alkyl halides is 1. The Balaban J connectivity index is 2.13. The molecule has 1 N–H and O–H groups in total. The Morgan fingerprint density at radius 3 is 2.15 bits per heavy atom. The first-order valence-corrected chi connectivity index (χ1v) is 9.76. The smallest absolute Gasteiger partial charge is 0.244 e. The maximum atomic E-state index is 12.4. The summed E-state index contributed by atoms with van der Waals surface area (Å²) < 4.78 is 50.1. The van der Waals surface area contributed by atoms with Gasteiger partial charge in [-0.1, -0.05) is 0 Å². The highest BCUT2D eigenvalue weighted by Gasteiger charge is 2.31. The van der Waals surface area contributed by atoms with E-state index in [4.69, 9.17) is 11.6 Å². The van der Waals surface area contributed by atoms with Crippen molar-refractivity contribution < 1.29 is 16.8 Å². The normalized spacial score (nSPS) is 19.3. The second kappa shape index (κ2) is 5.64. The van der Waals surface area contributed by atoms with Crippen LogP contribution in [0.25, 0.3) is 0 Å². The van der Waals surface area contributed by atoms with Crippen molar-refractivity contribution in [2.45, 2.75) is 10.8 Å². The molecule has 0 radical (unpaired) electrons. The predicted molar refractivity (Wildman–Crippen MR) is 75.5 cm³/mol. The fraction of sp³-hybridized carbons (Fsp3) is 0.600. The van der Waals surface area contributed by atoms with Gasteiger partial charge in [-0.15, -0.1) is 11.6 Å². The van der Waals surface area contributed by atoms with Crippen LogP contribution in [0.4, 0.5) is 0 Å². The summed E-state index contributed by atoms with van der Waals surface area (Å²) in [5.74, 6) is 0.206. The van der Waals surface area contributed by atoms with Crippen molar-refractivity contribution in [1.29, 1.82) is 0 Å². The molecule has 0 bridgehead atoms. The zero-order valence-electron chi connectivity index (χ0n) is 10.9. The van der Waals surface area contributed by atoms with Gasteiger partial charge in [-0.2, -0.15) is 8.61 Å². The summed E-state index contributed by atoms with van der Waals surface area (Å²) in [6.45, 7) is 0.642. The van der Waals surface area contributed by atoms with E-state index in [0.29, 0.717) is 5.69 Å². The first-order chi connectivity index (χ1) is 9.25. The molecule has 1 saturated heterocycles. The number of aromatic amines is 1. The number of H-pyrrole nitrogens is 1. The van der Waals surface area contributed by atoms with Gasteiger partial charge >= 0.3 is 0 Å². The lowest BCUT2D eigenvalue weighted by Gasteiger charge is -2.32. The van der Waals surface area contributed by atoms with Crippen molar-refractivity contribution in [3.8, 4) is 0 Å². The van der Waals surface area contributed by atoms with Crippen LogP contribution in [-0.2, 0) is 25.9 Å². The first kappa shape index (κ1) is 15.8. The lowest BCUT2D eigenvalue weighted by atomic mass is 10.4. The minimum atomic E-state index is -3.60. The largest absolute Gasteiger partial charge is 0.363 e. The van der Waals surface area contributed by atoms with Crippen LogP contribution in [-0.4, -0.2) is 62.9 Å². The summed E-state index contributed by atoms with van der Waals surface area (Å²) >= 11 is 5.63. The summed E-state index contributed by atoms with van der Waals surface area (Å²) in [4.78, 5) is 2.94. The van der Waals surface area contributed by atoms with Crippen molar-refractivity contribution in [2.24, 2.45) is 0 Å². The zero-order valence-corrected chi connectivity index (χ0v) is 13.3. The van der Waals surface area contributed by atoms with Gasteiger partial charge in [0, 0.05) is 38.1 Å². The number of rotatable bonds is 4. The van der Waals surface area contributed by atoms with Crippen molar-refractivity contribution in [2.75, 3.05) is 32.4 Å². The molecule has 1 aromatic heterocycles. The Morgan fingerprint density at radius 2 is 1.70 bits per heavy atom. The van der Waals surface area contributed by atoms with E-state index >= 15 is 0 Å². The van der Waals surface area contributed by atoms with Gasteiger partial charge in [0.2, 0.25) is 20.0 Å². The Hall–Kier alpha value is -0.610. The van der Waals surface area contributed by atoms with Crippen LogP contribution in [0.1, 0.15) is 5.69 Å². The number of hydrogen-bond acceptors (Lipinski definition) is 4. The zero-order chi connectivity index (χ0) is 15.0. The molecule has 1 fully saturated rings. The van der Waals surface area contributed by atoms with E-state index in [9.17, 15) is 16.8 Å². The van der Waals surface area contributed by atoms with Crippen LogP contribution in [0, 0.1) is 0 Å². The minimum absolute atomic E-state index is 0.150. The van der Waals surface area contributed by atoms with Gasteiger partial charge in [0.05, 0.1) is 17.0 Å². The minimum Gasteiger partial charge on any atom is -0.363 e. The summed E-state index contributed by atoms with van der Waals surface area (Å²) in [7, 11) is -6.87. The molecule has 0 atom stereocenters. The molecular weight excluding hydrogens is 326 g/mol. The SMILES string of the molecule is CS(=O)(=O)N1CCN(S(=O)(=O)c2c[nH]c(CCl)c2)CC1. The van der Waals surface area contributed by atoms with E-state index in [2.05, 4.69) is 4.98 Å². The number of piperazine rings is 1. The molecule has 1 aliphatic rings. The summed E-state index contributed by atoms with van der Waals surface area (Å²) in [5.41, 5.74) is 0.625. The molecule has 1 aliphatic heterocycles. The fourth-order valence-corrected chi connectivity index (χ4v) is 4.46. The van der Waals surface area contributed by atoms with E-state index in [0.717, 1.165) is 6.26 Å². The molecule has 0 unspecified atom stereocenters. The average molecular weight is 342 g/mol. The highest BCUT2D eigenvalue weighted by atomic mass is 35.5. The van der Waals surface area contributed by atoms with Crippen molar-refractivity contribution in [3.05, 3.63) is 18.0 Å². The quantitative estimate of drug-likeness (QED) is 0.782. The second-order valence-corrected chi connectivity index (χ2v) is 8.75. The molecule has 2 heterocycles. The summed E-state index contributed by atoms with van der Waals surface area (Å²) in [5, 5.41) is 0. The van der Waals surface area contributed by atoms with E-state index in [-0.39, 0.29) is 37.0 Å². The van der Waals surface area contributed by atoms with Gasteiger partial charge in [-0.25, -0.2) is 16.8 Å². The number of nitrogens with one attached hydrogen (secondary N) is 1. The average Bonchev–Trinajstić information content (AvgIpc) is 2.87. The number of sulfonamides is 2. The van der Waals surface area contributed by atoms with Gasteiger partial charge in [0.25, 0.3) is 0 Å². The number of hydrogen-bond donors (Lipinski definition) is 1. The summed E-state index contributed by atoms with van der Waals surface area (Å²) in [6.07, 6.45) is 2.52. The Kier molecular flexibility index (Phi) is 4.45. The van der Waals surface area contributed by atoms with Gasteiger partial charge in [0.1, 0.15) is 0 Å². The lowest BCUT2D eigenvalue weighted by molar-refractivity contribution is 0.274. The molecule has 1 aromatic rings. The van der Waals surface area contributed by atoms with Crippen molar-refractivity contribution in [1.82, 2.24) is 13.6 Å². The molecule has 0 spiro atoms. The summed E-state index contributed by atoms with van der Waals surface area (Å²) in [6, 6.07) is 1.49. The van der Waals surface area contributed by atoms with Crippen LogP contribution in [0.3, 0.4) is 0 Å². The third kappa shape index (κ3) is 3.17. The maximum Gasteiger partial charge on any atom is 0.244 e. The Labute approximate surface area is 123 Å². The second-order valence-electron chi connectivity index (χ2n) is 4.56. The van der Waals surface area contributed by atoms with Crippen LogP contribution >= 0.6 is 11.6 Å². The molecular formula is C10H16ClN3O4S2. The molecule has 10 heteroatoms. The molecule has 2 rings (SSSR count). The third-order valence-corrected chi connectivity index (χ3v) is 6.63. The lowest BCUT2D eigenvalue weighted by Crippen LogP contribution is -2.50. The van der Waals surface area contributed by atoms with Gasteiger partial charge in [-0.3, -0.25) is 0 Å². The van der Waals surface area contributed by atoms with Crippen LogP contribution in [0.2, 0.25) is 0 Å². The molecule has 114 valence electrons. The molecule has 0 aromatic carbocycles. The fourth-order valence-electron chi connectivity index (χ4n) is 2.04. The first-order valence-electron chi connectivity index (χ1n) is 5.93. The topological polar surface area (TPSA) is 90.6 Å². The highest BCUT2D eigenvalue weighted by molar-refractivity contribution is 7.89. The van der Waals surface area contributed by atoms with Crippen LogP contribution < -0.4 is 0 Å². The predicted octanol–water partition coefficient (Wildman–Crippen LogP) is 0.0194.